The molecule has 2 aromatic carbocycles. The molecule has 0 bridgehead atoms. The highest BCUT2D eigenvalue weighted by molar-refractivity contribution is 6.31. The second-order valence-corrected chi connectivity index (χ2v) is 4.05. The van der Waals surface area contributed by atoms with E-state index in [0.717, 1.165) is 11.1 Å². The average Bonchev–Trinajstić information content (AvgIpc) is 2.33. The van der Waals surface area contributed by atoms with Crippen LogP contribution >= 0.6 is 11.6 Å². The van der Waals surface area contributed by atoms with E-state index in [9.17, 15) is 8.78 Å². The van der Waals surface area contributed by atoms with Gasteiger partial charge in [0.15, 0.2) is 0 Å². The molecule has 1 nitrogen and oxygen atoms in total. The van der Waals surface area contributed by atoms with Crippen LogP contribution in [-0.2, 0) is 6.54 Å². The first kappa shape index (κ1) is 12.0. The minimum absolute atomic E-state index is 0.0427. The van der Waals surface area contributed by atoms with Crippen LogP contribution in [0, 0.1) is 11.6 Å². The molecule has 0 atom stereocenters. The first-order chi connectivity index (χ1) is 8.11. The fourth-order valence-electron chi connectivity index (χ4n) is 1.59. The first-order valence-electron chi connectivity index (χ1n) is 5.05. The molecule has 2 aromatic rings. The fourth-order valence-corrected chi connectivity index (χ4v) is 1.77. The fraction of sp³-hybridized carbons (Fsp3) is 0.0769. The minimum atomic E-state index is -0.475. The quantitative estimate of drug-likeness (QED) is 0.867. The third kappa shape index (κ3) is 2.46. The number of halogens is 3. The van der Waals surface area contributed by atoms with Crippen LogP contribution in [0.15, 0.2) is 36.4 Å². The van der Waals surface area contributed by atoms with Crippen LogP contribution in [0.25, 0.3) is 11.1 Å². The summed E-state index contributed by atoms with van der Waals surface area (Å²) in [6.45, 7) is 0.120. The van der Waals surface area contributed by atoms with Gasteiger partial charge in [-0.15, -0.1) is 0 Å². The first-order valence-corrected chi connectivity index (χ1v) is 5.43. The van der Waals surface area contributed by atoms with Gasteiger partial charge < -0.3 is 5.73 Å². The molecule has 0 unspecified atom stereocenters. The third-order valence-corrected chi connectivity index (χ3v) is 2.81. The van der Waals surface area contributed by atoms with Crippen molar-refractivity contribution in [3.8, 4) is 11.1 Å². The Hall–Kier alpha value is -1.45. The van der Waals surface area contributed by atoms with E-state index < -0.39 is 5.82 Å². The van der Waals surface area contributed by atoms with Crippen molar-refractivity contribution in [2.24, 2.45) is 5.73 Å². The number of nitrogens with two attached hydrogens (primary N) is 1. The van der Waals surface area contributed by atoms with Gasteiger partial charge in [-0.2, -0.15) is 0 Å². The highest BCUT2D eigenvalue weighted by Crippen LogP contribution is 2.26. The molecule has 2 N–H and O–H groups in total. The summed E-state index contributed by atoms with van der Waals surface area (Å²) in [5.41, 5.74) is 7.33. The van der Waals surface area contributed by atoms with Gasteiger partial charge >= 0.3 is 0 Å². The molecule has 0 heterocycles. The lowest BCUT2D eigenvalue weighted by Crippen LogP contribution is -1.99. The van der Waals surface area contributed by atoms with Crippen molar-refractivity contribution < 1.29 is 8.78 Å². The van der Waals surface area contributed by atoms with Gasteiger partial charge in [-0.1, -0.05) is 23.7 Å². The summed E-state index contributed by atoms with van der Waals surface area (Å²) >= 11 is 5.69. The van der Waals surface area contributed by atoms with Gasteiger partial charge in [0.25, 0.3) is 0 Å². The zero-order chi connectivity index (χ0) is 12.4. The Kier molecular flexibility index (Phi) is 3.41. The van der Waals surface area contributed by atoms with Gasteiger partial charge in [0.1, 0.15) is 11.6 Å². The maximum absolute atomic E-state index is 13.3. The van der Waals surface area contributed by atoms with Crippen molar-refractivity contribution in [2.75, 3.05) is 0 Å². The molecule has 0 aromatic heterocycles. The molecule has 2 rings (SSSR count). The Balaban J connectivity index is 2.49. The lowest BCUT2D eigenvalue weighted by molar-refractivity contribution is 0.611. The van der Waals surface area contributed by atoms with Crippen LogP contribution in [-0.4, -0.2) is 0 Å². The Morgan fingerprint density at radius 3 is 2.12 bits per heavy atom. The maximum Gasteiger partial charge on any atom is 0.141 e. The molecular formula is C13H10ClF2N. The molecule has 0 aliphatic carbocycles. The van der Waals surface area contributed by atoms with E-state index in [1.807, 2.05) is 0 Å². The van der Waals surface area contributed by atoms with Gasteiger partial charge in [-0.25, -0.2) is 8.78 Å². The van der Waals surface area contributed by atoms with Crippen LogP contribution < -0.4 is 5.73 Å². The summed E-state index contributed by atoms with van der Waals surface area (Å²) in [6.07, 6.45) is 0. The van der Waals surface area contributed by atoms with E-state index in [0.29, 0.717) is 5.56 Å². The van der Waals surface area contributed by atoms with Crippen LogP contribution in [0.1, 0.15) is 5.56 Å². The standard InChI is InChI=1S/C13H10ClF2N/c14-11-6-9(2-4-13(11)16)8-1-3-12(15)10(5-8)7-17/h1-6H,7,17H2. The van der Waals surface area contributed by atoms with E-state index in [-0.39, 0.29) is 17.4 Å². The average molecular weight is 254 g/mol. The molecule has 0 saturated carbocycles. The molecule has 0 aliphatic heterocycles. The summed E-state index contributed by atoms with van der Waals surface area (Å²) < 4.78 is 26.3. The predicted molar refractivity (Wildman–Crippen MR) is 64.7 cm³/mol. The highest BCUT2D eigenvalue weighted by Gasteiger charge is 2.06. The monoisotopic (exact) mass is 253 g/mol. The summed E-state index contributed by atoms with van der Waals surface area (Å²) in [5.74, 6) is -0.818. The molecular weight excluding hydrogens is 244 g/mol. The number of rotatable bonds is 2. The molecule has 4 heteroatoms. The van der Waals surface area contributed by atoms with Gasteiger partial charge in [0, 0.05) is 12.1 Å². The summed E-state index contributed by atoms with van der Waals surface area (Å²) in [7, 11) is 0. The van der Waals surface area contributed by atoms with Gasteiger partial charge in [0.2, 0.25) is 0 Å². The molecule has 88 valence electrons. The van der Waals surface area contributed by atoms with Crippen molar-refractivity contribution >= 4 is 11.6 Å². The Labute approximate surface area is 103 Å². The second kappa shape index (κ2) is 4.82. The van der Waals surface area contributed by atoms with Crippen molar-refractivity contribution in [2.45, 2.75) is 6.54 Å². The SMILES string of the molecule is NCc1cc(-c2ccc(F)c(Cl)c2)ccc1F. The molecule has 0 spiro atoms. The van der Waals surface area contributed by atoms with Crippen molar-refractivity contribution in [1.29, 1.82) is 0 Å². The van der Waals surface area contributed by atoms with Crippen LogP contribution in [0.5, 0.6) is 0 Å². The van der Waals surface area contributed by atoms with E-state index in [4.69, 9.17) is 17.3 Å². The largest absolute Gasteiger partial charge is 0.326 e. The highest BCUT2D eigenvalue weighted by atomic mass is 35.5. The molecule has 0 radical (unpaired) electrons. The van der Waals surface area contributed by atoms with Crippen molar-refractivity contribution in [3.05, 3.63) is 58.6 Å². The predicted octanol–water partition coefficient (Wildman–Crippen LogP) is 3.74. The van der Waals surface area contributed by atoms with Crippen molar-refractivity contribution in [1.82, 2.24) is 0 Å². The van der Waals surface area contributed by atoms with Crippen LogP contribution in [0.3, 0.4) is 0 Å². The minimum Gasteiger partial charge on any atom is -0.326 e. The van der Waals surface area contributed by atoms with E-state index in [1.165, 1.54) is 18.2 Å². The Morgan fingerprint density at radius 2 is 1.53 bits per heavy atom. The van der Waals surface area contributed by atoms with E-state index in [2.05, 4.69) is 0 Å². The molecule has 0 fully saturated rings. The molecule has 0 amide bonds. The summed E-state index contributed by atoms with van der Waals surface area (Å²) in [4.78, 5) is 0. The molecule has 17 heavy (non-hydrogen) atoms. The maximum atomic E-state index is 13.3. The molecule has 0 aliphatic rings. The van der Waals surface area contributed by atoms with Gasteiger partial charge in [-0.3, -0.25) is 0 Å². The Morgan fingerprint density at radius 1 is 0.941 bits per heavy atom. The van der Waals surface area contributed by atoms with Gasteiger partial charge in [0.05, 0.1) is 5.02 Å². The summed E-state index contributed by atoms with van der Waals surface area (Å²) in [5, 5.41) is 0.0427. The normalized spacial score (nSPS) is 10.6. The molecule has 0 saturated heterocycles. The Bertz CT molecular complexity index is 555. The number of hydrogen-bond acceptors (Lipinski definition) is 1. The third-order valence-electron chi connectivity index (χ3n) is 2.52. The number of hydrogen-bond donors (Lipinski definition) is 1. The zero-order valence-corrected chi connectivity index (χ0v) is 9.64. The summed E-state index contributed by atoms with van der Waals surface area (Å²) in [6, 6.07) is 8.97. The van der Waals surface area contributed by atoms with Crippen molar-refractivity contribution in [3.63, 3.8) is 0 Å². The zero-order valence-electron chi connectivity index (χ0n) is 8.88. The van der Waals surface area contributed by atoms with E-state index >= 15 is 0 Å². The van der Waals surface area contributed by atoms with Crippen LogP contribution in [0.2, 0.25) is 5.02 Å². The topological polar surface area (TPSA) is 26.0 Å². The number of benzene rings is 2. The second-order valence-electron chi connectivity index (χ2n) is 3.64. The van der Waals surface area contributed by atoms with Gasteiger partial charge in [-0.05, 0) is 35.4 Å². The van der Waals surface area contributed by atoms with E-state index in [1.54, 1.807) is 18.2 Å². The van der Waals surface area contributed by atoms with Crippen LogP contribution in [0.4, 0.5) is 8.78 Å². The smallest absolute Gasteiger partial charge is 0.141 e. The lowest BCUT2D eigenvalue weighted by atomic mass is 10.0. The lowest BCUT2D eigenvalue weighted by Gasteiger charge is -2.06.